The van der Waals surface area contributed by atoms with E-state index in [9.17, 15) is 9.59 Å². The molecule has 3 nitrogen and oxygen atoms in total. The van der Waals surface area contributed by atoms with Crippen LogP contribution < -0.4 is 0 Å². The Balaban J connectivity index is 2.31. The highest BCUT2D eigenvalue weighted by Gasteiger charge is 2.24. The van der Waals surface area contributed by atoms with Crippen molar-refractivity contribution in [1.29, 1.82) is 0 Å². The third-order valence-corrected chi connectivity index (χ3v) is 3.34. The van der Waals surface area contributed by atoms with E-state index >= 15 is 0 Å². The first-order chi connectivity index (χ1) is 9.13. The molecule has 3 heteroatoms. The number of carbonyl (C=O) groups excluding carboxylic acids is 1. The largest absolute Gasteiger partial charge is 0.481 e. The van der Waals surface area contributed by atoms with Crippen LogP contribution in [0.4, 0.5) is 0 Å². The van der Waals surface area contributed by atoms with Gasteiger partial charge in [0.1, 0.15) is 5.92 Å². The van der Waals surface area contributed by atoms with Crippen molar-refractivity contribution in [3.05, 3.63) is 48.0 Å². The molecule has 0 aliphatic rings. The number of aliphatic carboxylic acids is 1. The fraction of sp³-hybridized carbons (Fsp3) is 0.250. The molecule has 98 valence electrons. The molecule has 0 amide bonds. The zero-order valence-corrected chi connectivity index (χ0v) is 10.8. The van der Waals surface area contributed by atoms with Crippen LogP contribution in [0.3, 0.4) is 0 Å². The van der Waals surface area contributed by atoms with Gasteiger partial charge in [0.15, 0.2) is 5.78 Å². The topological polar surface area (TPSA) is 54.4 Å². The number of benzene rings is 2. The van der Waals surface area contributed by atoms with Crippen molar-refractivity contribution < 1.29 is 14.7 Å². The van der Waals surface area contributed by atoms with E-state index in [-0.39, 0.29) is 12.2 Å². The summed E-state index contributed by atoms with van der Waals surface area (Å²) in [4.78, 5) is 23.1. The second-order valence-corrected chi connectivity index (χ2v) is 4.58. The summed E-state index contributed by atoms with van der Waals surface area (Å²) in [6.45, 7) is 1.72. The Morgan fingerprint density at radius 3 is 2.47 bits per heavy atom. The Bertz CT molecular complexity index is 611. The molecule has 0 radical (unpaired) electrons. The van der Waals surface area contributed by atoms with Gasteiger partial charge in [0.25, 0.3) is 0 Å². The molecule has 0 aliphatic heterocycles. The fourth-order valence-electron chi connectivity index (χ4n) is 2.30. The number of Topliss-reactive ketones (excluding diaryl/α,β-unsaturated/α-hetero) is 1. The first-order valence-corrected chi connectivity index (χ1v) is 6.35. The van der Waals surface area contributed by atoms with E-state index in [0.717, 1.165) is 16.3 Å². The molecule has 0 bridgehead atoms. The molecular weight excluding hydrogens is 240 g/mol. The molecule has 2 rings (SSSR count). The van der Waals surface area contributed by atoms with Crippen molar-refractivity contribution in [1.82, 2.24) is 0 Å². The van der Waals surface area contributed by atoms with Gasteiger partial charge in [0, 0.05) is 6.42 Å². The van der Waals surface area contributed by atoms with Crippen molar-refractivity contribution in [2.24, 2.45) is 5.92 Å². The smallest absolute Gasteiger partial charge is 0.314 e. The minimum absolute atomic E-state index is 0.173. The van der Waals surface area contributed by atoms with Crippen molar-refractivity contribution in [2.45, 2.75) is 19.8 Å². The number of carboxylic acid groups (broad SMARTS) is 1. The average molecular weight is 256 g/mol. The molecule has 1 unspecified atom stereocenters. The van der Waals surface area contributed by atoms with E-state index in [1.807, 2.05) is 42.5 Å². The van der Waals surface area contributed by atoms with Gasteiger partial charge < -0.3 is 5.11 Å². The summed E-state index contributed by atoms with van der Waals surface area (Å²) in [5, 5.41) is 11.1. The molecule has 0 fully saturated rings. The minimum Gasteiger partial charge on any atom is -0.481 e. The second-order valence-electron chi connectivity index (χ2n) is 4.58. The number of carboxylic acids is 1. The Morgan fingerprint density at radius 2 is 1.79 bits per heavy atom. The predicted molar refractivity (Wildman–Crippen MR) is 74.1 cm³/mol. The number of hydrogen-bond donors (Lipinski definition) is 1. The second kappa shape index (κ2) is 5.65. The standard InChI is InChI=1S/C16H16O3/c1-2-13(16(18)19)15(17)10-12-8-5-7-11-6-3-4-9-14(11)12/h3-9,13H,2,10H2,1H3,(H,18,19). The van der Waals surface area contributed by atoms with Crippen LogP contribution in [-0.4, -0.2) is 16.9 Å². The summed E-state index contributed by atoms with van der Waals surface area (Å²) < 4.78 is 0. The number of hydrogen-bond acceptors (Lipinski definition) is 2. The highest BCUT2D eigenvalue weighted by Crippen LogP contribution is 2.20. The van der Waals surface area contributed by atoms with Crippen molar-refractivity contribution in [2.75, 3.05) is 0 Å². The predicted octanol–water partition coefficient (Wildman–Crippen LogP) is 3.06. The molecule has 0 heterocycles. The molecule has 2 aromatic carbocycles. The molecule has 0 aliphatic carbocycles. The highest BCUT2D eigenvalue weighted by molar-refractivity contribution is 6.00. The van der Waals surface area contributed by atoms with Gasteiger partial charge in [-0.3, -0.25) is 9.59 Å². The quantitative estimate of drug-likeness (QED) is 0.836. The summed E-state index contributed by atoms with van der Waals surface area (Å²) >= 11 is 0. The van der Waals surface area contributed by atoms with Gasteiger partial charge in [-0.05, 0) is 22.8 Å². The van der Waals surface area contributed by atoms with Crippen LogP contribution in [0.2, 0.25) is 0 Å². The molecule has 19 heavy (non-hydrogen) atoms. The maximum atomic E-state index is 12.0. The van der Waals surface area contributed by atoms with Crippen molar-refractivity contribution in [3.8, 4) is 0 Å². The SMILES string of the molecule is CCC(C(=O)O)C(=O)Cc1cccc2ccccc12. The van der Waals surface area contributed by atoms with Crippen LogP contribution in [0, 0.1) is 5.92 Å². The third-order valence-electron chi connectivity index (χ3n) is 3.34. The number of carbonyl (C=O) groups is 2. The summed E-state index contributed by atoms with van der Waals surface area (Å²) in [5.41, 5.74) is 0.891. The number of rotatable bonds is 5. The van der Waals surface area contributed by atoms with Gasteiger partial charge in [-0.1, -0.05) is 49.4 Å². The summed E-state index contributed by atoms with van der Waals surface area (Å²) in [7, 11) is 0. The fourth-order valence-corrected chi connectivity index (χ4v) is 2.30. The Labute approximate surface area is 111 Å². The molecule has 0 aromatic heterocycles. The lowest BCUT2D eigenvalue weighted by Gasteiger charge is -2.10. The van der Waals surface area contributed by atoms with Crippen LogP contribution in [0.1, 0.15) is 18.9 Å². The van der Waals surface area contributed by atoms with Gasteiger partial charge in [-0.25, -0.2) is 0 Å². The van der Waals surface area contributed by atoms with Crippen LogP contribution in [0.15, 0.2) is 42.5 Å². The van der Waals surface area contributed by atoms with Gasteiger partial charge >= 0.3 is 5.97 Å². The van der Waals surface area contributed by atoms with E-state index in [1.54, 1.807) is 6.92 Å². The first kappa shape index (κ1) is 13.3. The monoisotopic (exact) mass is 256 g/mol. The molecular formula is C16H16O3. The number of ketones is 1. The van der Waals surface area contributed by atoms with Crippen LogP contribution >= 0.6 is 0 Å². The summed E-state index contributed by atoms with van der Waals surface area (Å²) in [6, 6.07) is 13.6. The molecule has 0 spiro atoms. The minimum atomic E-state index is -1.03. The van der Waals surface area contributed by atoms with E-state index in [2.05, 4.69) is 0 Å². The average Bonchev–Trinajstić information content (AvgIpc) is 2.39. The van der Waals surface area contributed by atoms with Gasteiger partial charge in [0.2, 0.25) is 0 Å². The molecule has 2 aromatic rings. The van der Waals surface area contributed by atoms with Gasteiger partial charge in [-0.2, -0.15) is 0 Å². The summed E-state index contributed by atoms with van der Waals surface area (Å²) in [5.74, 6) is -2.17. The van der Waals surface area contributed by atoms with Crippen LogP contribution in [-0.2, 0) is 16.0 Å². The van der Waals surface area contributed by atoms with E-state index < -0.39 is 11.9 Å². The van der Waals surface area contributed by atoms with Crippen molar-refractivity contribution >= 4 is 22.5 Å². The normalized spacial score (nSPS) is 12.3. The highest BCUT2D eigenvalue weighted by atomic mass is 16.4. The maximum absolute atomic E-state index is 12.0. The maximum Gasteiger partial charge on any atom is 0.314 e. The third kappa shape index (κ3) is 2.81. The lowest BCUT2D eigenvalue weighted by molar-refractivity contribution is -0.146. The Kier molecular flexibility index (Phi) is 3.95. The Hall–Kier alpha value is -2.16. The van der Waals surface area contributed by atoms with E-state index in [1.165, 1.54) is 0 Å². The van der Waals surface area contributed by atoms with E-state index in [4.69, 9.17) is 5.11 Å². The first-order valence-electron chi connectivity index (χ1n) is 6.35. The lowest BCUT2D eigenvalue weighted by atomic mass is 9.93. The van der Waals surface area contributed by atoms with Crippen LogP contribution in [0.25, 0.3) is 10.8 Å². The summed E-state index contributed by atoms with van der Waals surface area (Å²) in [6.07, 6.45) is 0.505. The number of fused-ring (bicyclic) bond motifs is 1. The lowest BCUT2D eigenvalue weighted by Crippen LogP contribution is -2.24. The van der Waals surface area contributed by atoms with E-state index in [0.29, 0.717) is 6.42 Å². The molecule has 1 atom stereocenters. The van der Waals surface area contributed by atoms with Crippen molar-refractivity contribution in [3.63, 3.8) is 0 Å². The molecule has 0 saturated heterocycles. The molecule has 1 N–H and O–H groups in total. The zero-order chi connectivity index (χ0) is 13.8. The van der Waals surface area contributed by atoms with Gasteiger partial charge in [0.05, 0.1) is 0 Å². The molecule has 0 saturated carbocycles. The van der Waals surface area contributed by atoms with Gasteiger partial charge in [-0.15, -0.1) is 0 Å². The zero-order valence-electron chi connectivity index (χ0n) is 10.8. The van der Waals surface area contributed by atoms with Crippen LogP contribution in [0.5, 0.6) is 0 Å². The Morgan fingerprint density at radius 1 is 1.11 bits per heavy atom.